The van der Waals surface area contributed by atoms with Gasteiger partial charge in [-0.05, 0) is 60.4 Å². The van der Waals surface area contributed by atoms with E-state index >= 15 is 0 Å². The van der Waals surface area contributed by atoms with Crippen LogP contribution in [0.5, 0.6) is 11.5 Å². The lowest BCUT2D eigenvalue weighted by atomic mass is 9.94. The van der Waals surface area contributed by atoms with Gasteiger partial charge in [-0.3, -0.25) is 0 Å². The molecule has 0 fully saturated rings. The fourth-order valence-electron chi connectivity index (χ4n) is 2.96. The number of rotatable bonds is 5. The predicted molar refractivity (Wildman–Crippen MR) is 98.7 cm³/mol. The first-order valence-electron chi connectivity index (χ1n) is 8.10. The van der Waals surface area contributed by atoms with E-state index in [1.165, 1.54) is 16.7 Å². The number of para-hydroxylation sites is 1. The predicted octanol–water partition coefficient (Wildman–Crippen LogP) is 5.56. The van der Waals surface area contributed by atoms with Crippen LogP contribution < -0.4 is 9.47 Å². The van der Waals surface area contributed by atoms with Crippen LogP contribution in [-0.4, -0.2) is 7.11 Å². The van der Waals surface area contributed by atoms with E-state index in [2.05, 4.69) is 44.2 Å². The molecular weight excluding hydrogens is 296 g/mol. The van der Waals surface area contributed by atoms with Crippen LogP contribution in [0.3, 0.4) is 0 Å². The molecule has 0 saturated heterocycles. The summed E-state index contributed by atoms with van der Waals surface area (Å²) in [4.78, 5) is 0. The van der Waals surface area contributed by atoms with Gasteiger partial charge in [-0.2, -0.15) is 0 Å². The normalized spacial score (nSPS) is 10.5. The highest BCUT2D eigenvalue weighted by Gasteiger charge is 2.12. The number of ether oxygens (including phenoxy) is 2. The maximum absolute atomic E-state index is 5.88. The van der Waals surface area contributed by atoms with Crippen LogP contribution in [0.4, 0.5) is 0 Å². The Morgan fingerprint density at radius 2 is 1.50 bits per heavy atom. The van der Waals surface area contributed by atoms with E-state index in [-0.39, 0.29) is 0 Å². The van der Waals surface area contributed by atoms with Gasteiger partial charge in [-0.15, -0.1) is 0 Å². The van der Waals surface area contributed by atoms with Crippen molar-refractivity contribution in [1.29, 1.82) is 0 Å². The highest BCUT2D eigenvalue weighted by molar-refractivity contribution is 5.76. The van der Waals surface area contributed by atoms with Crippen molar-refractivity contribution in [2.45, 2.75) is 20.5 Å². The Labute approximate surface area is 143 Å². The molecule has 0 aliphatic rings. The minimum Gasteiger partial charge on any atom is -0.496 e. The van der Waals surface area contributed by atoms with E-state index < -0.39 is 0 Å². The number of hydrogen-bond donors (Lipinski definition) is 0. The second-order valence-corrected chi connectivity index (χ2v) is 5.90. The van der Waals surface area contributed by atoms with Crippen LogP contribution in [0.25, 0.3) is 11.1 Å². The summed E-state index contributed by atoms with van der Waals surface area (Å²) in [6, 6.07) is 22.5. The van der Waals surface area contributed by atoms with E-state index in [1.54, 1.807) is 7.11 Å². The van der Waals surface area contributed by atoms with Gasteiger partial charge in [0.05, 0.1) is 7.11 Å². The number of methoxy groups -OCH3 is 1. The molecule has 0 bridgehead atoms. The average Bonchev–Trinajstić information content (AvgIpc) is 2.61. The molecule has 0 unspecified atom stereocenters. The SMILES string of the molecule is COc1ccc(COc2ccccc2)cc1-c1c(C)cccc1C. The summed E-state index contributed by atoms with van der Waals surface area (Å²) < 4.78 is 11.5. The van der Waals surface area contributed by atoms with Gasteiger partial charge >= 0.3 is 0 Å². The summed E-state index contributed by atoms with van der Waals surface area (Å²) in [5, 5.41) is 0. The van der Waals surface area contributed by atoms with Crippen LogP contribution in [0, 0.1) is 13.8 Å². The molecule has 0 N–H and O–H groups in total. The molecule has 0 aliphatic carbocycles. The van der Waals surface area contributed by atoms with E-state index in [0.717, 1.165) is 22.6 Å². The summed E-state index contributed by atoms with van der Waals surface area (Å²) >= 11 is 0. The molecule has 0 radical (unpaired) electrons. The summed E-state index contributed by atoms with van der Waals surface area (Å²) in [5.74, 6) is 1.76. The van der Waals surface area contributed by atoms with Crippen molar-refractivity contribution in [3.8, 4) is 22.6 Å². The highest BCUT2D eigenvalue weighted by atomic mass is 16.5. The Balaban J connectivity index is 1.94. The van der Waals surface area contributed by atoms with Gasteiger partial charge in [0.25, 0.3) is 0 Å². The van der Waals surface area contributed by atoms with Crippen LogP contribution in [0.1, 0.15) is 16.7 Å². The molecule has 2 nitrogen and oxygen atoms in total. The zero-order valence-corrected chi connectivity index (χ0v) is 14.4. The molecular formula is C22H22O2. The molecule has 0 saturated carbocycles. The fraction of sp³-hybridized carbons (Fsp3) is 0.182. The first-order valence-corrected chi connectivity index (χ1v) is 8.10. The van der Waals surface area contributed by atoms with Crippen molar-refractivity contribution in [3.05, 3.63) is 83.4 Å². The third-order valence-electron chi connectivity index (χ3n) is 4.16. The molecule has 0 aliphatic heterocycles. The van der Waals surface area contributed by atoms with Gasteiger partial charge in [0.2, 0.25) is 0 Å². The lowest BCUT2D eigenvalue weighted by Crippen LogP contribution is -1.98. The second kappa shape index (κ2) is 7.22. The van der Waals surface area contributed by atoms with Crippen molar-refractivity contribution in [1.82, 2.24) is 0 Å². The lowest BCUT2D eigenvalue weighted by molar-refractivity contribution is 0.306. The Morgan fingerprint density at radius 3 is 2.17 bits per heavy atom. The van der Waals surface area contributed by atoms with Crippen molar-refractivity contribution in [3.63, 3.8) is 0 Å². The van der Waals surface area contributed by atoms with E-state index in [4.69, 9.17) is 9.47 Å². The highest BCUT2D eigenvalue weighted by Crippen LogP contribution is 2.35. The van der Waals surface area contributed by atoms with Gasteiger partial charge in [0.15, 0.2) is 0 Å². The fourth-order valence-corrected chi connectivity index (χ4v) is 2.96. The molecule has 122 valence electrons. The number of benzene rings is 3. The van der Waals surface area contributed by atoms with Gasteiger partial charge in [0.1, 0.15) is 18.1 Å². The largest absolute Gasteiger partial charge is 0.496 e. The Kier molecular flexibility index (Phi) is 4.85. The molecule has 3 aromatic carbocycles. The molecule has 3 aromatic rings. The number of aryl methyl sites for hydroxylation is 2. The number of hydrogen-bond acceptors (Lipinski definition) is 2. The molecule has 24 heavy (non-hydrogen) atoms. The average molecular weight is 318 g/mol. The Morgan fingerprint density at radius 1 is 0.792 bits per heavy atom. The zero-order valence-electron chi connectivity index (χ0n) is 14.4. The lowest BCUT2D eigenvalue weighted by Gasteiger charge is -2.15. The third kappa shape index (κ3) is 3.43. The van der Waals surface area contributed by atoms with Crippen LogP contribution in [0.2, 0.25) is 0 Å². The van der Waals surface area contributed by atoms with E-state index in [1.807, 2.05) is 36.4 Å². The molecule has 3 rings (SSSR count). The topological polar surface area (TPSA) is 18.5 Å². The maximum Gasteiger partial charge on any atom is 0.126 e. The summed E-state index contributed by atoms with van der Waals surface area (Å²) in [6.07, 6.45) is 0. The van der Waals surface area contributed by atoms with Crippen molar-refractivity contribution >= 4 is 0 Å². The summed E-state index contributed by atoms with van der Waals surface area (Å²) in [6.45, 7) is 4.80. The minimum absolute atomic E-state index is 0.534. The van der Waals surface area contributed by atoms with E-state index in [0.29, 0.717) is 6.61 Å². The van der Waals surface area contributed by atoms with Gasteiger partial charge in [-0.25, -0.2) is 0 Å². The van der Waals surface area contributed by atoms with Crippen LogP contribution in [-0.2, 0) is 6.61 Å². The molecule has 0 atom stereocenters. The standard InChI is InChI=1S/C22H22O2/c1-16-8-7-9-17(2)22(16)20-14-18(12-13-21(20)23-3)15-24-19-10-5-4-6-11-19/h4-14H,15H2,1-3H3. The monoisotopic (exact) mass is 318 g/mol. The first kappa shape index (κ1) is 16.1. The maximum atomic E-state index is 5.88. The van der Waals surface area contributed by atoms with Gasteiger partial charge in [0, 0.05) is 5.56 Å². The third-order valence-corrected chi connectivity index (χ3v) is 4.16. The molecule has 0 amide bonds. The summed E-state index contributed by atoms with van der Waals surface area (Å²) in [7, 11) is 1.71. The summed E-state index contributed by atoms with van der Waals surface area (Å²) in [5.41, 5.74) is 5.96. The van der Waals surface area contributed by atoms with Crippen LogP contribution in [0.15, 0.2) is 66.7 Å². The Hall–Kier alpha value is -2.74. The smallest absolute Gasteiger partial charge is 0.126 e. The molecule has 0 aromatic heterocycles. The molecule has 0 spiro atoms. The Bertz CT molecular complexity index is 802. The van der Waals surface area contributed by atoms with Crippen molar-refractivity contribution in [2.75, 3.05) is 7.11 Å². The first-order chi connectivity index (χ1) is 11.7. The van der Waals surface area contributed by atoms with Crippen molar-refractivity contribution < 1.29 is 9.47 Å². The van der Waals surface area contributed by atoms with Crippen LogP contribution >= 0.6 is 0 Å². The quantitative estimate of drug-likeness (QED) is 0.613. The second-order valence-electron chi connectivity index (χ2n) is 5.90. The minimum atomic E-state index is 0.534. The van der Waals surface area contributed by atoms with Crippen molar-refractivity contribution in [2.24, 2.45) is 0 Å². The van der Waals surface area contributed by atoms with Gasteiger partial charge in [-0.1, -0.05) is 42.5 Å². The zero-order chi connectivity index (χ0) is 16.9. The van der Waals surface area contributed by atoms with E-state index in [9.17, 15) is 0 Å². The molecule has 0 heterocycles. The van der Waals surface area contributed by atoms with Gasteiger partial charge < -0.3 is 9.47 Å². The molecule has 2 heteroatoms.